The minimum atomic E-state index is -0.485. The van der Waals surface area contributed by atoms with Crippen LogP contribution in [0.5, 0.6) is 5.75 Å². The van der Waals surface area contributed by atoms with Gasteiger partial charge >= 0.3 is 0 Å². The molecule has 0 saturated carbocycles. The predicted molar refractivity (Wildman–Crippen MR) is 93.6 cm³/mol. The third-order valence-corrected chi connectivity index (χ3v) is 4.15. The first-order valence-corrected chi connectivity index (χ1v) is 8.11. The number of rotatable bonds is 6. The van der Waals surface area contributed by atoms with E-state index in [1.54, 1.807) is 0 Å². The molecule has 122 valence electrons. The quantitative estimate of drug-likeness (QED) is 0.862. The van der Waals surface area contributed by atoms with Crippen LogP contribution in [0.25, 0.3) is 0 Å². The number of aryl methyl sites for hydroxylation is 1. The molecule has 1 N–H and O–H groups in total. The molecule has 3 nitrogen and oxygen atoms in total. The molecular weight excluding hydrogens is 286 g/mol. The highest BCUT2D eigenvalue weighted by Gasteiger charge is 2.21. The van der Waals surface area contributed by atoms with Gasteiger partial charge in [0, 0.05) is 0 Å². The van der Waals surface area contributed by atoms with Crippen molar-refractivity contribution >= 4 is 5.91 Å². The van der Waals surface area contributed by atoms with Crippen LogP contribution in [0.15, 0.2) is 48.5 Å². The van der Waals surface area contributed by atoms with Crippen molar-refractivity contribution < 1.29 is 9.53 Å². The molecule has 0 aliphatic heterocycles. The first kappa shape index (κ1) is 17.1. The molecule has 2 aromatic carbocycles. The number of ether oxygens (including phenoxy) is 1. The molecule has 0 heterocycles. The van der Waals surface area contributed by atoms with E-state index in [0.717, 1.165) is 22.4 Å². The van der Waals surface area contributed by atoms with Gasteiger partial charge in [-0.2, -0.15) is 0 Å². The standard InChI is InChI=1S/C20H25NO2/c1-5-18(23-19-13-9-10-14(2)15(19)3)20(22)21-16(4)17-11-7-6-8-12-17/h6-13,16,18H,5H2,1-4H3,(H,21,22)/t16-,18+/m0/s1. The van der Waals surface area contributed by atoms with Crippen molar-refractivity contribution in [3.05, 3.63) is 65.2 Å². The van der Waals surface area contributed by atoms with Crippen molar-refractivity contribution in [3.63, 3.8) is 0 Å². The summed E-state index contributed by atoms with van der Waals surface area (Å²) < 4.78 is 5.96. The van der Waals surface area contributed by atoms with E-state index in [0.29, 0.717) is 6.42 Å². The van der Waals surface area contributed by atoms with Crippen LogP contribution in [0.3, 0.4) is 0 Å². The number of nitrogens with one attached hydrogen (secondary N) is 1. The van der Waals surface area contributed by atoms with Gasteiger partial charge in [0.1, 0.15) is 5.75 Å². The van der Waals surface area contributed by atoms with E-state index in [4.69, 9.17) is 4.74 Å². The zero-order chi connectivity index (χ0) is 16.8. The lowest BCUT2D eigenvalue weighted by atomic mass is 10.1. The molecule has 3 heteroatoms. The normalized spacial score (nSPS) is 13.2. The van der Waals surface area contributed by atoms with E-state index >= 15 is 0 Å². The largest absolute Gasteiger partial charge is 0.480 e. The summed E-state index contributed by atoms with van der Waals surface area (Å²) in [5, 5.41) is 3.04. The maximum atomic E-state index is 12.5. The highest BCUT2D eigenvalue weighted by atomic mass is 16.5. The highest BCUT2D eigenvalue weighted by Crippen LogP contribution is 2.23. The second kappa shape index (κ2) is 7.82. The predicted octanol–water partition coefficient (Wildman–Crippen LogP) is 4.34. The number of carbonyl (C=O) groups excluding carboxylic acids is 1. The fraction of sp³-hybridized carbons (Fsp3) is 0.350. The number of hydrogen-bond donors (Lipinski definition) is 1. The molecule has 2 rings (SSSR count). The van der Waals surface area contributed by atoms with Crippen LogP contribution in [0, 0.1) is 13.8 Å². The lowest BCUT2D eigenvalue weighted by Gasteiger charge is -2.22. The summed E-state index contributed by atoms with van der Waals surface area (Å²) >= 11 is 0. The van der Waals surface area contributed by atoms with E-state index in [9.17, 15) is 4.79 Å². The Balaban J connectivity index is 2.05. The van der Waals surface area contributed by atoms with Crippen LogP contribution in [0.1, 0.15) is 43.0 Å². The third kappa shape index (κ3) is 4.35. The fourth-order valence-electron chi connectivity index (χ4n) is 2.46. The second-order valence-corrected chi connectivity index (χ2v) is 5.85. The Morgan fingerprint density at radius 3 is 2.43 bits per heavy atom. The SMILES string of the molecule is CC[C@@H](Oc1cccc(C)c1C)C(=O)N[C@@H](C)c1ccccc1. The van der Waals surface area contributed by atoms with Gasteiger partial charge in [-0.1, -0.05) is 49.4 Å². The lowest BCUT2D eigenvalue weighted by molar-refractivity contribution is -0.128. The Morgan fingerprint density at radius 1 is 1.09 bits per heavy atom. The van der Waals surface area contributed by atoms with Crippen molar-refractivity contribution in [2.24, 2.45) is 0 Å². The lowest BCUT2D eigenvalue weighted by Crippen LogP contribution is -2.39. The molecule has 23 heavy (non-hydrogen) atoms. The van der Waals surface area contributed by atoms with Crippen molar-refractivity contribution in [1.82, 2.24) is 5.32 Å². The van der Waals surface area contributed by atoms with Crippen LogP contribution in [-0.2, 0) is 4.79 Å². The Kier molecular flexibility index (Phi) is 5.80. The zero-order valence-corrected chi connectivity index (χ0v) is 14.3. The average molecular weight is 311 g/mol. The number of amides is 1. The zero-order valence-electron chi connectivity index (χ0n) is 14.3. The molecule has 0 fully saturated rings. The Labute approximate surface area is 138 Å². The maximum absolute atomic E-state index is 12.5. The Morgan fingerprint density at radius 2 is 1.78 bits per heavy atom. The van der Waals surface area contributed by atoms with Crippen molar-refractivity contribution in [3.8, 4) is 5.75 Å². The first-order valence-electron chi connectivity index (χ1n) is 8.11. The molecular formula is C20H25NO2. The molecule has 2 atom stereocenters. The van der Waals surface area contributed by atoms with E-state index in [1.165, 1.54) is 0 Å². The van der Waals surface area contributed by atoms with E-state index in [1.807, 2.05) is 76.2 Å². The molecule has 0 unspecified atom stereocenters. The number of benzene rings is 2. The summed E-state index contributed by atoms with van der Waals surface area (Å²) in [7, 11) is 0. The highest BCUT2D eigenvalue weighted by molar-refractivity contribution is 5.81. The average Bonchev–Trinajstić information content (AvgIpc) is 2.56. The summed E-state index contributed by atoms with van der Waals surface area (Å²) in [4.78, 5) is 12.5. The van der Waals surface area contributed by atoms with Gasteiger partial charge in [0.25, 0.3) is 5.91 Å². The van der Waals surface area contributed by atoms with E-state index in [2.05, 4.69) is 5.32 Å². The molecule has 0 radical (unpaired) electrons. The van der Waals surface area contributed by atoms with Crippen molar-refractivity contribution in [1.29, 1.82) is 0 Å². The molecule has 0 aliphatic carbocycles. The first-order chi connectivity index (χ1) is 11.0. The molecule has 0 bridgehead atoms. The number of hydrogen-bond acceptors (Lipinski definition) is 2. The Bertz CT molecular complexity index is 652. The van der Waals surface area contributed by atoms with Gasteiger partial charge in [-0.25, -0.2) is 0 Å². The van der Waals surface area contributed by atoms with Gasteiger partial charge in [-0.3, -0.25) is 4.79 Å². The second-order valence-electron chi connectivity index (χ2n) is 5.85. The fourth-order valence-corrected chi connectivity index (χ4v) is 2.46. The van der Waals surface area contributed by atoms with Crippen LogP contribution < -0.4 is 10.1 Å². The van der Waals surface area contributed by atoms with Gasteiger partial charge in [0.05, 0.1) is 6.04 Å². The molecule has 2 aromatic rings. The molecule has 0 aliphatic rings. The molecule has 0 aromatic heterocycles. The smallest absolute Gasteiger partial charge is 0.261 e. The van der Waals surface area contributed by atoms with Crippen LogP contribution in [0.2, 0.25) is 0 Å². The summed E-state index contributed by atoms with van der Waals surface area (Å²) in [6, 6.07) is 15.8. The minimum Gasteiger partial charge on any atom is -0.480 e. The Hall–Kier alpha value is -2.29. The third-order valence-electron chi connectivity index (χ3n) is 4.15. The molecule has 0 saturated heterocycles. The summed E-state index contributed by atoms with van der Waals surface area (Å²) in [6.45, 7) is 8.00. The summed E-state index contributed by atoms with van der Waals surface area (Å²) in [6.07, 6.45) is 0.141. The van der Waals surface area contributed by atoms with Crippen molar-refractivity contribution in [2.75, 3.05) is 0 Å². The van der Waals surface area contributed by atoms with Crippen LogP contribution >= 0.6 is 0 Å². The summed E-state index contributed by atoms with van der Waals surface area (Å²) in [5.41, 5.74) is 3.33. The molecule has 0 spiro atoms. The topological polar surface area (TPSA) is 38.3 Å². The van der Waals surface area contributed by atoms with Gasteiger partial charge < -0.3 is 10.1 Å². The summed E-state index contributed by atoms with van der Waals surface area (Å²) in [5.74, 6) is 0.698. The van der Waals surface area contributed by atoms with Crippen molar-refractivity contribution in [2.45, 2.75) is 46.3 Å². The van der Waals surface area contributed by atoms with Gasteiger partial charge in [-0.05, 0) is 49.9 Å². The number of carbonyl (C=O) groups is 1. The van der Waals surface area contributed by atoms with Crippen LogP contribution in [0.4, 0.5) is 0 Å². The van der Waals surface area contributed by atoms with Gasteiger partial charge in [0.15, 0.2) is 6.10 Å². The van der Waals surface area contributed by atoms with Gasteiger partial charge in [0.2, 0.25) is 0 Å². The maximum Gasteiger partial charge on any atom is 0.261 e. The van der Waals surface area contributed by atoms with E-state index < -0.39 is 6.10 Å². The minimum absolute atomic E-state index is 0.0417. The monoisotopic (exact) mass is 311 g/mol. The van der Waals surface area contributed by atoms with Crippen LogP contribution in [-0.4, -0.2) is 12.0 Å². The molecule has 1 amide bonds. The van der Waals surface area contributed by atoms with E-state index in [-0.39, 0.29) is 11.9 Å². The van der Waals surface area contributed by atoms with Gasteiger partial charge in [-0.15, -0.1) is 0 Å².